The van der Waals surface area contributed by atoms with Crippen LogP contribution >= 0.6 is 0 Å². The van der Waals surface area contributed by atoms with E-state index < -0.39 is 0 Å². The zero-order valence-corrected chi connectivity index (χ0v) is 16.6. The van der Waals surface area contributed by atoms with Gasteiger partial charge in [0.15, 0.2) is 0 Å². The van der Waals surface area contributed by atoms with Crippen LogP contribution in [0.2, 0.25) is 0 Å². The SMILES string of the molecule is C=C(NCc1ccccc1)c1cc(C)cc(C2=CNNC(c3ccccc3)N2)c1. The van der Waals surface area contributed by atoms with Crippen LogP contribution in [0.5, 0.6) is 0 Å². The Balaban J connectivity index is 1.50. The molecule has 4 nitrogen and oxygen atoms in total. The van der Waals surface area contributed by atoms with Crippen molar-refractivity contribution in [2.45, 2.75) is 19.6 Å². The van der Waals surface area contributed by atoms with Gasteiger partial charge < -0.3 is 16.1 Å². The standard InChI is InChI=1S/C25H26N4/c1-18-13-22(19(2)26-16-20-9-5-3-6-10-20)15-23(14-18)24-17-27-29-25(28-24)21-11-7-4-8-12-21/h3-15,17,25-29H,2,16H2,1H3. The lowest BCUT2D eigenvalue weighted by Gasteiger charge is -2.28. The molecule has 1 aliphatic rings. The van der Waals surface area contributed by atoms with Crippen LogP contribution in [0.15, 0.2) is 91.6 Å². The summed E-state index contributed by atoms with van der Waals surface area (Å²) in [6.45, 7) is 7.12. The van der Waals surface area contributed by atoms with E-state index in [1.807, 2.05) is 30.5 Å². The number of benzene rings is 3. The number of rotatable bonds is 6. The smallest absolute Gasteiger partial charge is 0.120 e. The quantitative estimate of drug-likeness (QED) is 0.509. The summed E-state index contributed by atoms with van der Waals surface area (Å²) in [4.78, 5) is 0. The van der Waals surface area contributed by atoms with Gasteiger partial charge in [0.1, 0.15) is 6.17 Å². The summed E-state index contributed by atoms with van der Waals surface area (Å²) in [5, 5.41) is 7.02. The van der Waals surface area contributed by atoms with Gasteiger partial charge in [-0.2, -0.15) is 0 Å². The molecule has 1 unspecified atom stereocenters. The third-order valence-electron chi connectivity index (χ3n) is 4.96. The lowest BCUT2D eigenvalue weighted by atomic mass is 10.0. The minimum absolute atomic E-state index is 0.000399. The van der Waals surface area contributed by atoms with Gasteiger partial charge in [-0.1, -0.05) is 67.2 Å². The molecule has 0 bridgehead atoms. The summed E-state index contributed by atoms with van der Waals surface area (Å²) in [6.07, 6.45) is 1.96. The second kappa shape index (κ2) is 8.67. The van der Waals surface area contributed by atoms with Crippen LogP contribution in [0, 0.1) is 6.92 Å². The Morgan fingerprint density at radius 1 is 0.966 bits per heavy atom. The normalized spacial score (nSPS) is 15.6. The van der Waals surface area contributed by atoms with E-state index in [1.165, 1.54) is 16.7 Å². The van der Waals surface area contributed by atoms with Gasteiger partial charge in [-0.25, -0.2) is 5.43 Å². The molecule has 0 aromatic heterocycles. The van der Waals surface area contributed by atoms with E-state index in [0.717, 1.165) is 29.1 Å². The third-order valence-corrected chi connectivity index (χ3v) is 4.96. The molecule has 0 saturated carbocycles. The van der Waals surface area contributed by atoms with Gasteiger partial charge in [-0.05, 0) is 47.4 Å². The van der Waals surface area contributed by atoms with E-state index in [0.29, 0.717) is 0 Å². The molecule has 0 aliphatic carbocycles. The molecule has 0 amide bonds. The van der Waals surface area contributed by atoms with Crippen LogP contribution in [0.4, 0.5) is 0 Å². The summed E-state index contributed by atoms with van der Waals surface area (Å²) in [6, 6.07) is 27.2. The predicted octanol–water partition coefficient (Wildman–Crippen LogP) is 4.45. The van der Waals surface area contributed by atoms with Crippen LogP contribution < -0.4 is 21.5 Å². The Kier molecular flexibility index (Phi) is 5.63. The number of nitrogens with one attached hydrogen (secondary N) is 4. The Morgan fingerprint density at radius 3 is 2.45 bits per heavy atom. The molecule has 4 heteroatoms. The molecule has 0 fully saturated rings. The van der Waals surface area contributed by atoms with Crippen molar-refractivity contribution in [3.63, 3.8) is 0 Å². The molecular weight excluding hydrogens is 356 g/mol. The predicted molar refractivity (Wildman–Crippen MR) is 120 cm³/mol. The highest BCUT2D eigenvalue weighted by Crippen LogP contribution is 2.23. The molecule has 1 heterocycles. The van der Waals surface area contributed by atoms with Crippen LogP contribution in [0.25, 0.3) is 11.4 Å². The highest BCUT2D eigenvalue weighted by molar-refractivity contribution is 5.71. The van der Waals surface area contributed by atoms with Gasteiger partial charge in [-0.3, -0.25) is 0 Å². The van der Waals surface area contributed by atoms with Crippen molar-refractivity contribution in [1.29, 1.82) is 0 Å². The Morgan fingerprint density at radius 2 is 1.69 bits per heavy atom. The number of hydrogen-bond donors (Lipinski definition) is 4. The molecule has 3 aromatic carbocycles. The third kappa shape index (κ3) is 4.68. The van der Waals surface area contributed by atoms with E-state index in [9.17, 15) is 0 Å². The van der Waals surface area contributed by atoms with Crippen LogP contribution in [0.1, 0.15) is 34.0 Å². The largest absolute Gasteiger partial charge is 0.381 e. The van der Waals surface area contributed by atoms with E-state index in [2.05, 4.69) is 89.6 Å². The fourth-order valence-electron chi connectivity index (χ4n) is 3.43. The van der Waals surface area contributed by atoms with Crippen molar-refractivity contribution in [3.8, 4) is 0 Å². The fourth-order valence-corrected chi connectivity index (χ4v) is 3.43. The summed E-state index contributed by atoms with van der Waals surface area (Å²) in [5.41, 5.74) is 14.2. The van der Waals surface area contributed by atoms with E-state index >= 15 is 0 Å². The van der Waals surface area contributed by atoms with Crippen molar-refractivity contribution >= 4 is 11.4 Å². The highest BCUT2D eigenvalue weighted by atomic mass is 15.4. The minimum Gasteiger partial charge on any atom is -0.381 e. The van der Waals surface area contributed by atoms with E-state index in [1.54, 1.807) is 0 Å². The zero-order chi connectivity index (χ0) is 20.1. The number of aryl methyl sites for hydroxylation is 1. The average molecular weight is 383 g/mol. The molecule has 0 saturated heterocycles. The van der Waals surface area contributed by atoms with Crippen molar-refractivity contribution < 1.29 is 0 Å². The molecular formula is C25H26N4. The fraction of sp³-hybridized carbons (Fsp3) is 0.120. The van der Waals surface area contributed by atoms with Crippen LogP contribution in [-0.4, -0.2) is 0 Å². The van der Waals surface area contributed by atoms with Crippen LogP contribution in [-0.2, 0) is 6.54 Å². The van der Waals surface area contributed by atoms with Crippen molar-refractivity contribution in [2.75, 3.05) is 0 Å². The highest BCUT2D eigenvalue weighted by Gasteiger charge is 2.17. The van der Waals surface area contributed by atoms with E-state index in [-0.39, 0.29) is 6.17 Å². The summed E-state index contributed by atoms with van der Waals surface area (Å²) in [7, 11) is 0. The van der Waals surface area contributed by atoms with Gasteiger partial charge in [0.2, 0.25) is 0 Å². The Hall–Kier alpha value is -3.50. The lowest BCUT2D eigenvalue weighted by molar-refractivity contribution is 0.439. The van der Waals surface area contributed by atoms with Crippen molar-refractivity contribution in [2.24, 2.45) is 0 Å². The molecule has 4 N–H and O–H groups in total. The monoisotopic (exact) mass is 382 g/mol. The van der Waals surface area contributed by atoms with Gasteiger partial charge in [0.25, 0.3) is 0 Å². The van der Waals surface area contributed by atoms with Gasteiger partial charge >= 0.3 is 0 Å². The van der Waals surface area contributed by atoms with Gasteiger partial charge in [0, 0.05) is 24.0 Å². The Bertz CT molecular complexity index is 1010. The summed E-state index contributed by atoms with van der Waals surface area (Å²) >= 11 is 0. The number of hydrogen-bond acceptors (Lipinski definition) is 4. The van der Waals surface area contributed by atoms with Crippen molar-refractivity contribution in [1.82, 2.24) is 21.5 Å². The molecule has 0 spiro atoms. The zero-order valence-electron chi connectivity index (χ0n) is 16.6. The first-order valence-electron chi connectivity index (χ1n) is 9.81. The molecule has 4 rings (SSSR count). The molecule has 1 aliphatic heterocycles. The summed E-state index contributed by atoms with van der Waals surface area (Å²) in [5.74, 6) is 0. The second-order valence-electron chi connectivity index (χ2n) is 7.24. The minimum atomic E-state index is -0.000399. The topological polar surface area (TPSA) is 48.1 Å². The van der Waals surface area contributed by atoms with E-state index in [4.69, 9.17) is 0 Å². The van der Waals surface area contributed by atoms with Gasteiger partial charge in [-0.15, -0.1) is 0 Å². The maximum Gasteiger partial charge on any atom is 0.120 e. The van der Waals surface area contributed by atoms with Crippen LogP contribution in [0.3, 0.4) is 0 Å². The summed E-state index contributed by atoms with van der Waals surface area (Å²) < 4.78 is 0. The Labute approximate surface area is 172 Å². The maximum absolute atomic E-state index is 4.25. The number of hydrazine groups is 1. The first kappa shape index (κ1) is 18.8. The average Bonchev–Trinajstić information content (AvgIpc) is 2.78. The van der Waals surface area contributed by atoms with Crippen molar-refractivity contribution in [3.05, 3.63) is 119 Å². The lowest BCUT2D eigenvalue weighted by Crippen LogP contribution is -2.44. The molecule has 1 atom stereocenters. The molecule has 3 aromatic rings. The first-order valence-corrected chi connectivity index (χ1v) is 9.81. The molecule has 0 radical (unpaired) electrons. The first-order chi connectivity index (χ1) is 14.2. The van der Waals surface area contributed by atoms with Gasteiger partial charge in [0.05, 0.1) is 5.70 Å². The maximum atomic E-state index is 4.25. The molecule has 29 heavy (non-hydrogen) atoms. The molecule has 146 valence electrons. The second-order valence-corrected chi connectivity index (χ2v) is 7.24.